The average Bonchev–Trinajstić information content (AvgIpc) is 2.85. The molecule has 23 heavy (non-hydrogen) atoms. The van der Waals surface area contributed by atoms with Crippen molar-refractivity contribution in [2.45, 2.75) is 0 Å². The van der Waals surface area contributed by atoms with Crippen molar-refractivity contribution in [2.24, 2.45) is 0 Å². The summed E-state index contributed by atoms with van der Waals surface area (Å²) in [4.78, 5) is 26.5. The van der Waals surface area contributed by atoms with Crippen molar-refractivity contribution in [3.63, 3.8) is 0 Å². The van der Waals surface area contributed by atoms with E-state index in [0.717, 1.165) is 4.90 Å². The van der Waals surface area contributed by atoms with Crippen molar-refractivity contribution in [1.29, 1.82) is 0 Å². The maximum Gasteiger partial charge on any atom is 0.270 e. The third-order valence-corrected chi connectivity index (χ3v) is 3.73. The van der Waals surface area contributed by atoms with Crippen molar-refractivity contribution in [3.05, 3.63) is 47.5 Å². The van der Waals surface area contributed by atoms with Gasteiger partial charge in [-0.25, -0.2) is 4.90 Å². The number of benzene rings is 2. The summed E-state index contributed by atoms with van der Waals surface area (Å²) in [7, 11) is 4.47. The highest BCUT2D eigenvalue weighted by Crippen LogP contribution is 2.39. The Morgan fingerprint density at radius 3 is 2.04 bits per heavy atom. The second-order valence-electron chi connectivity index (χ2n) is 4.87. The number of ether oxygens (including phenoxy) is 3. The van der Waals surface area contributed by atoms with Crippen LogP contribution in [0.15, 0.2) is 36.4 Å². The molecule has 1 heterocycles. The largest absolute Gasteiger partial charge is 0.497 e. The summed E-state index contributed by atoms with van der Waals surface area (Å²) < 4.78 is 15.6. The molecule has 1 aliphatic rings. The van der Waals surface area contributed by atoms with Crippen molar-refractivity contribution in [2.75, 3.05) is 26.2 Å². The normalized spacial score (nSPS) is 13.1. The van der Waals surface area contributed by atoms with E-state index in [2.05, 4.69) is 0 Å². The molecule has 0 bridgehead atoms. The molecule has 0 radical (unpaired) electrons. The highest BCUT2D eigenvalue weighted by Gasteiger charge is 2.40. The lowest BCUT2D eigenvalue weighted by atomic mass is 10.1. The summed E-state index contributed by atoms with van der Waals surface area (Å²) in [6.07, 6.45) is 0. The molecule has 3 rings (SSSR count). The van der Waals surface area contributed by atoms with E-state index in [-0.39, 0.29) is 11.3 Å². The summed E-state index contributed by atoms with van der Waals surface area (Å²) in [5.41, 5.74) is 0.981. The smallest absolute Gasteiger partial charge is 0.270 e. The van der Waals surface area contributed by atoms with E-state index in [4.69, 9.17) is 14.2 Å². The topological polar surface area (TPSA) is 65.1 Å². The third-order valence-electron chi connectivity index (χ3n) is 3.73. The fraction of sp³-hybridized carbons (Fsp3) is 0.176. The minimum Gasteiger partial charge on any atom is -0.497 e. The van der Waals surface area contributed by atoms with Crippen LogP contribution in [-0.4, -0.2) is 33.1 Å². The van der Waals surface area contributed by atoms with Crippen molar-refractivity contribution >= 4 is 17.5 Å². The van der Waals surface area contributed by atoms with Crippen LogP contribution in [0.3, 0.4) is 0 Å². The van der Waals surface area contributed by atoms with Crippen LogP contribution >= 0.6 is 0 Å². The summed E-state index contributed by atoms with van der Waals surface area (Å²) >= 11 is 0. The van der Waals surface area contributed by atoms with Gasteiger partial charge in [-0.3, -0.25) is 9.59 Å². The SMILES string of the molecule is COc1ccc(N2C(=O)c3ccc(OC)c(OC)c3C2=O)cc1. The number of imide groups is 1. The number of carbonyl (C=O) groups is 2. The molecule has 2 aromatic rings. The first-order valence-electron chi connectivity index (χ1n) is 6.90. The third kappa shape index (κ3) is 2.19. The minimum absolute atomic E-state index is 0.215. The van der Waals surface area contributed by atoms with Gasteiger partial charge in [0.15, 0.2) is 11.5 Å². The van der Waals surface area contributed by atoms with E-state index >= 15 is 0 Å². The Morgan fingerprint density at radius 1 is 0.783 bits per heavy atom. The summed E-state index contributed by atoms with van der Waals surface area (Å²) in [5.74, 6) is 0.481. The predicted molar refractivity (Wildman–Crippen MR) is 83.7 cm³/mol. The molecule has 118 valence electrons. The average molecular weight is 313 g/mol. The van der Waals surface area contributed by atoms with Gasteiger partial charge in [-0.15, -0.1) is 0 Å². The Labute approximate surface area is 133 Å². The maximum atomic E-state index is 12.7. The van der Waals surface area contributed by atoms with Crippen molar-refractivity contribution < 1.29 is 23.8 Å². The summed E-state index contributed by atoms with van der Waals surface area (Å²) in [5, 5.41) is 0. The first-order chi connectivity index (χ1) is 11.1. The van der Waals surface area contributed by atoms with Gasteiger partial charge in [0, 0.05) is 0 Å². The number of anilines is 1. The van der Waals surface area contributed by atoms with Gasteiger partial charge in [-0.1, -0.05) is 0 Å². The molecule has 0 saturated carbocycles. The minimum atomic E-state index is -0.439. The number of fused-ring (bicyclic) bond motifs is 1. The van der Waals surface area contributed by atoms with Crippen LogP contribution in [0.2, 0.25) is 0 Å². The molecule has 0 N–H and O–H groups in total. The molecule has 2 aromatic carbocycles. The molecular formula is C17H15NO5. The van der Waals surface area contributed by atoms with Crippen LogP contribution in [0.5, 0.6) is 17.2 Å². The van der Waals surface area contributed by atoms with Gasteiger partial charge in [0.05, 0.1) is 38.1 Å². The lowest BCUT2D eigenvalue weighted by Crippen LogP contribution is -2.29. The quantitative estimate of drug-likeness (QED) is 0.812. The predicted octanol–water partition coefficient (Wildman–Crippen LogP) is 2.51. The fourth-order valence-electron chi connectivity index (χ4n) is 2.61. The molecule has 0 saturated heterocycles. The molecule has 6 heteroatoms. The number of rotatable bonds is 4. The van der Waals surface area contributed by atoms with E-state index in [0.29, 0.717) is 22.7 Å². The Kier molecular flexibility index (Phi) is 3.65. The number of hydrogen-bond acceptors (Lipinski definition) is 5. The standard InChI is InChI=1S/C17H15NO5/c1-21-11-6-4-10(5-7-11)18-16(19)12-8-9-13(22-2)15(23-3)14(12)17(18)20/h4-9H,1-3H3. The van der Waals surface area contributed by atoms with Gasteiger partial charge in [-0.05, 0) is 36.4 Å². The van der Waals surface area contributed by atoms with Crippen LogP contribution < -0.4 is 19.1 Å². The molecule has 2 amide bonds. The Balaban J connectivity index is 2.09. The Hall–Kier alpha value is -3.02. The van der Waals surface area contributed by atoms with Gasteiger partial charge in [0.25, 0.3) is 11.8 Å². The van der Waals surface area contributed by atoms with Gasteiger partial charge in [-0.2, -0.15) is 0 Å². The number of nitrogens with zero attached hydrogens (tertiary/aromatic N) is 1. The van der Waals surface area contributed by atoms with E-state index in [1.807, 2.05) is 0 Å². The van der Waals surface area contributed by atoms with E-state index in [9.17, 15) is 9.59 Å². The molecule has 0 fully saturated rings. The Bertz CT molecular complexity index is 782. The maximum absolute atomic E-state index is 12.7. The summed E-state index contributed by atoms with van der Waals surface area (Å²) in [6, 6.07) is 9.88. The molecular weight excluding hydrogens is 298 g/mol. The molecule has 1 aliphatic heterocycles. The van der Waals surface area contributed by atoms with E-state index < -0.39 is 11.8 Å². The monoisotopic (exact) mass is 313 g/mol. The first kappa shape index (κ1) is 14.9. The van der Waals surface area contributed by atoms with E-state index in [1.165, 1.54) is 14.2 Å². The summed E-state index contributed by atoms with van der Waals surface area (Å²) in [6.45, 7) is 0. The van der Waals surface area contributed by atoms with Crippen LogP contribution in [0.4, 0.5) is 5.69 Å². The van der Waals surface area contributed by atoms with Crippen molar-refractivity contribution in [3.8, 4) is 17.2 Å². The molecule has 6 nitrogen and oxygen atoms in total. The molecule has 0 unspecified atom stereocenters. The van der Waals surface area contributed by atoms with Gasteiger partial charge in [0.2, 0.25) is 0 Å². The number of methoxy groups -OCH3 is 3. The molecule has 0 spiro atoms. The molecule has 0 aromatic heterocycles. The second-order valence-corrected chi connectivity index (χ2v) is 4.87. The molecule has 0 atom stereocenters. The second kappa shape index (κ2) is 5.64. The van der Waals surface area contributed by atoms with Gasteiger partial charge in [0.1, 0.15) is 5.75 Å². The van der Waals surface area contributed by atoms with Gasteiger partial charge >= 0.3 is 0 Å². The van der Waals surface area contributed by atoms with Crippen molar-refractivity contribution in [1.82, 2.24) is 0 Å². The van der Waals surface area contributed by atoms with E-state index in [1.54, 1.807) is 43.5 Å². The van der Waals surface area contributed by atoms with Crippen LogP contribution in [0, 0.1) is 0 Å². The van der Waals surface area contributed by atoms with Crippen LogP contribution in [0.1, 0.15) is 20.7 Å². The lowest BCUT2D eigenvalue weighted by Gasteiger charge is -2.14. The zero-order valence-corrected chi connectivity index (χ0v) is 13.0. The van der Waals surface area contributed by atoms with Gasteiger partial charge < -0.3 is 14.2 Å². The fourth-order valence-corrected chi connectivity index (χ4v) is 2.61. The van der Waals surface area contributed by atoms with Crippen LogP contribution in [0.25, 0.3) is 0 Å². The number of carbonyl (C=O) groups excluding carboxylic acids is 2. The highest BCUT2D eigenvalue weighted by molar-refractivity contribution is 6.35. The zero-order chi connectivity index (χ0) is 16.6. The lowest BCUT2D eigenvalue weighted by molar-refractivity contribution is 0.0925. The number of hydrogen-bond donors (Lipinski definition) is 0. The van der Waals surface area contributed by atoms with Crippen LogP contribution in [-0.2, 0) is 0 Å². The zero-order valence-electron chi connectivity index (χ0n) is 13.0. The number of amides is 2. The Morgan fingerprint density at radius 2 is 1.48 bits per heavy atom. The molecule has 0 aliphatic carbocycles. The first-order valence-corrected chi connectivity index (χ1v) is 6.90. The highest BCUT2D eigenvalue weighted by atomic mass is 16.5.